The maximum Gasteiger partial charge on any atom is 0.234 e. The Hall–Kier alpha value is -2.58. The summed E-state index contributed by atoms with van der Waals surface area (Å²) in [5.41, 5.74) is 0.778. The zero-order valence-electron chi connectivity index (χ0n) is 16.8. The van der Waals surface area contributed by atoms with Crippen molar-refractivity contribution < 1.29 is 18.3 Å². The minimum absolute atomic E-state index is 0.100. The number of rotatable bonds is 6. The zero-order valence-corrected chi connectivity index (χ0v) is 16.8. The molecule has 6 nitrogen and oxygen atoms in total. The summed E-state index contributed by atoms with van der Waals surface area (Å²) >= 11 is 0. The summed E-state index contributed by atoms with van der Waals surface area (Å²) in [5.74, 6) is -2.22. The third-order valence-corrected chi connectivity index (χ3v) is 4.95. The largest absolute Gasteiger partial charge is 0.435 e. The van der Waals surface area contributed by atoms with E-state index in [1.807, 2.05) is 0 Å². The van der Waals surface area contributed by atoms with Gasteiger partial charge in [0.1, 0.15) is 0 Å². The SMILES string of the molecule is Cc1ccc(Oc2ncccc2CNC(=O)CN2CCCN(C)CC2)c(F)c1F. The maximum atomic E-state index is 14.1. The molecule has 3 rings (SSSR count). The quantitative estimate of drug-likeness (QED) is 0.802. The van der Waals surface area contributed by atoms with E-state index in [1.165, 1.54) is 25.3 Å². The Kier molecular flexibility index (Phi) is 7.11. The zero-order chi connectivity index (χ0) is 20.8. The molecule has 1 saturated heterocycles. The molecule has 2 heterocycles. The molecule has 156 valence electrons. The van der Waals surface area contributed by atoms with Gasteiger partial charge in [0.2, 0.25) is 17.6 Å². The van der Waals surface area contributed by atoms with Crippen molar-refractivity contribution in [1.29, 1.82) is 0 Å². The second kappa shape index (κ2) is 9.76. The lowest BCUT2D eigenvalue weighted by Crippen LogP contribution is -2.38. The van der Waals surface area contributed by atoms with Crippen molar-refractivity contribution in [2.45, 2.75) is 19.9 Å². The minimum atomic E-state index is -1.06. The van der Waals surface area contributed by atoms with Crippen LogP contribution in [0.5, 0.6) is 11.6 Å². The number of aryl methyl sites for hydroxylation is 1. The summed E-state index contributed by atoms with van der Waals surface area (Å²) in [6.45, 7) is 5.69. The predicted molar refractivity (Wildman–Crippen MR) is 106 cm³/mol. The van der Waals surface area contributed by atoms with E-state index in [0.717, 1.165) is 32.6 Å². The van der Waals surface area contributed by atoms with E-state index in [2.05, 4.69) is 27.1 Å². The molecule has 0 unspecified atom stereocenters. The number of hydrogen-bond acceptors (Lipinski definition) is 5. The second-order valence-electron chi connectivity index (χ2n) is 7.29. The standard InChI is InChI=1S/C21H26F2N4O2/c1-15-6-7-17(20(23)19(15)22)29-21-16(5-3-8-24-21)13-25-18(28)14-27-10-4-9-26(2)11-12-27/h3,5-8H,4,9-14H2,1-2H3,(H,25,28). The Morgan fingerprint density at radius 2 is 2.00 bits per heavy atom. The number of halogens is 2. The lowest BCUT2D eigenvalue weighted by Gasteiger charge is -2.19. The van der Waals surface area contributed by atoms with E-state index in [1.54, 1.807) is 12.1 Å². The van der Waals surface area contributed by atoms with Crippen LogP contribution in [0.4, 0.5) is 8.78 Å². The van der Waals surface area contributed by atoms with Crippen molar-refractivity contribution in [2.24, 2.45) is 0 Å². The molecule has 8 heteroatoms. The number of aromatic nitrogens is 1. The van der Waals surface area contributed by atoms with Crippen LogP contribution >= 0.6 is 0 Å². The van der Waals surface area contributed by atoms with Crippen LogP contribution in [-0.4, -0.2) is 60.5 Å². The molecule has 1 aliphatic rings. The molecular formula is C21H26F2N4O2. The molecular weight excluding hydrogens is 378 g/mol. The first-order valence-electron chi connectivity index (χ1n) is 9.68. The molecule has 0 atom stereocenters. The van der Waals surface area contributed by atoms with Crippen LogP contribution in [0, 0.1) is 18.6 Å². The fourth-order valence-corrected chi connectivity index (χ4v) is 3.17. The average molecular weight is 404 g/mol. The molecule has 2 aromatic rings. The number of carbonyl (C=O) groups excluding carboxylic acids is 1. The van der Waals surface area contributed by atoms with Gasteiger partial charge in [0.25, 0.3) is 0 Å². The number of nitrogens with zero attached hydrogens (tertiary/aromatic N) is 3. The summed E-state index contributed by atoms with van der Waals surface area (Å²) < 4.78 is 33.4. The molecule has 1 aliphatic heterocycles. The number of likely N-dealkylation sites (N-methyl/N-ethyl adjacent to an activating group) is 1. The Balaban J connectivity index is 1.61. The van der Waals surface area contributed by atoms with E-state index < -0.39 is 11.6 Å². The maximum absolute atomic E-state index is 14.1. The number of pyridine rings is 1. The van der Waals surface area contributed by atoms with Gasteiger partial charge in [-0.15, -0.1) is 0 Å². The highest BCUT2D eigenvalue weighted by Gasteiger charge is 2.17. The molecule has 0 spiro atoms. The topological polar surface area (TPSA) is 57.7 Å². The van der Waals surface area contributed by atoms with Crippen molar-refractivity contribution in [3.05, 3.63) is 53.2 Å². The van der Waals surface area contributed by atoms with Gasteiger partial charge < -0.3 is 15.0 Å². The fourth-order valence-electron chi connectivity index (χ4n) is 3.17. The van der Waals surface area contributed by atoms with Gasteiger partial charge in [-0.25, -0.2) is 9.37 Å². The van der Waals surface area contributed by atoms with Crippen molar-refractivity contribution in [2.75, 3.05) is 39.8 Å². The van der Waals surface area contributed by atoms with Gasteiger partial charge in [-0.3, -0.25) is 9.69 Å². The van der Waals surface area contributed by atoms with Crippen molar-refractivity contribution in [3.63, 3.8) is 0 Å². The summed E-state index contributed by atoms with van der Waals surface area (Å²) in [6, 6.07) is 6.23. The highest BCUT2D eigenvalue weighted by Crippen LogP contribution is 2.28. The number of nitrogens with one attached hydrogen (secondary N) is 1. The Bertz CT molecular complexity index is 863. The van der Waals surface area contributed by atoms with Crippen LogP contribution < -0.4 is 10.1 Å². The summed E-state index contributed by atoms with van der Waals surface area (Å²) in [4.78, 5) is 20.8. The smallest absolute Gasteiger partial charge is 0.234 e. The predicted octanol–water partition coefficient (Wildman–Crippen LogP) is 2.71. The van der Waals surface area contributed by atoms with Crippen LogP contribution in [0.1, 0.15) is 17.5 Å². The molecule has 1 aromatic heterocycles. The Morgan fingerprint density at radius 3 is 2.83 bits per heavy atom. The highest BCUT2D eigenvalue weighted by molar-refractivity contribution is 5.78. The minimum Gasteiger partial charge on any atom is -0.435 e. The summed E-state index contributed by atoms with van der Waals surface area (Å²) in [6.07, 6.45) is 2.53. The number of carbonyl (C=O) groups is 1. The fraction of sp³-hybridized carbons (Fsp3) is 0.429. The van der Waals surface area contributed by atoms with Crippen molar-refractivity contribution >= 4 is 5.91 Å². The second-order valence-corrected chi connectivity index (χ2v) is 7.29. The number of benzene rings is 1. The van der Waals surface area contributed by atoms with E-state index in [0.29, 0.717) is 12.1 Å². The molecule has 0 saturated carbocycles. The molecule has 0 bridgehead atoms. The first-order valence-corrected chi connectivity index (χ1v) is 9.68. The van der Waals surface area contributed by atoms with Gasteiger partial charge in [0.05, 0.1) is 6.54 Å². The lowest BCUT2D eigenvalue weighted by atomic mass is 10.2. The monoisotopic (exact) mass is 404 g/mol. The Labute approximate surface area is 169 Å². The summed E-state index contributed by atoms with van der Waals surface area (Å²) in [5, 5.41) is 2.86. The first kappa shape index (κ1) is 21.1. The van der Waals surface area contributed by atoms with Crippen LogP contribution in [0.15, 0.2) is 30.5 Å². The van der Waals surface area contributed by atoms with Gasteiger partial charge in [-0.2, -0.15) is 4.39 Å². The number of hydrogen-bond donors (Lipinski definition) is 1. The number of ether oxygens (including phenoxy) is 1. The lowest BCUT2D eigenvalue weighted by molar-refractivity contribution is -0.122. The first-order chi connectivity index (χ1) is 13.9. The van der Waals surface area contributed by atoms with Crippen LogP contribution in [-0.2, 0) is 11.3 Å². The molecule has 1 N–H and O–H groups in total. The van der Waals surface area contributed by atoms with E-state index >= 15 is 0 Å². The molecule has 0 radical (unpaired) electrons. The van der Waals surface area contributed by atoms with Crippen LogP contribution in [0.3, 0.4) is 0 Å². The molecule has 29 heavy (non-hydrogen) atoms. The van der Waals surface area contributed by atoms with E-state index in [9.17, 15) is 13.6 Å². The highest BCUT2D eigenvalue weighted by atomic mass is 19.2. The van der Waals surface area contributed by atoms with E-state index in [4.69, 9.17) is 4.74 Å². The average Bonchev–Trinajstić information content (AvgIpc) is 2.92. The van der Waals surface area contributed by atoms with Gasteiger partial charge in [-0.1, -0.05) is 12.1 Å². The Morgan fingerprint density at radius 1 is 1.17 bits per heavy atom. The van der Waals surface area contributed by atoms with Gasteiger partial charge in [0, 0.05) is 31.4 Å². The van der Waals surface area contributed by atoms with Crippen LogP contribution in [0.2, 0.25) is 0 Å². The third kappa shape index (κ3) is 5.71. The van der Waals surface area contributed by atoms with Crippen LogP contribution in [0.25, 0.3) is 0 Å². The van der Waals surface area contributed by atoms with Gasteiger partial charge >= 0.3 is 0 Å². The number of amides is 1. The molecule has 0 aliphatic carbocycles. The third-order valence-electron chi connectivity index (χ3n) is 4.95. The van der Waals surface area contributed by atoms with E-state index in [-0.39, 0.29) is 29.6 Å². The molecule has 1 amide bonds. The molecule has 1 aromatic carbocycles. The van der Waals surface area contributed by atoms with Gasteiger partial charge in [-0.05, 0) is 51.2 Å². The van der Waals surface area contributed by atoms with Crippen molar-refractivity contribution in [3.8, 4) is 11.6 Å². The normalized spacial score (nSPS) is 15.7. The van der Waals surface area contributed by atoms with Crippen molar-refractivity contribution in [1.82, 2.24) is 20.1 Å². The van der Waals surface area contributed by atoms with Gasteiger partial charge in [0.15, 0.2) is 11.6 Å². The molecule has 1 fully saturated rings. The summed E-state index contributed by atoms with van der Waals surface area (Å²) in [7, 11) is 2.08.